The van der Waals surface area contributed by atoms with Crippen molar-refractivity contribution in [2.45, 2.75) is 0 Å². The molecule has 0 saturated heterocycles. The first kappa shape index (κ1) is 17.3. The molecule has 0 saturated carbocycles. The van der Waals surface area contributed by atoms with Crippen molar-refractivity contribution < 1.29 is 0 Å². The molecule has 0 atom stereocenters. The predicted octanol–water partition coefficient (Wildman–Crippen LogP) is 7.06. The molecule has 130 valence electrons. The molecule has 4 nitrogen and oxygen atoms in total. The first-order valence-electron chi connectivity index (χ1n) is 7.62. The molecule has 0 radical (unpaired) electrons. The average Bonchev–Trinajstić information content (AvgIpc) is 3.28. The van der Waals surface area contributed by atoms with Crippen LogP contribution in [-0.4, -0.2) is 9.97 Å². The molecule has 0 fully saturated rings. The van der Waals surface area contributed by atoms with E-state index in [0.29, 0.717) is 10.0 Å². The van der Waals surface area contributed by atoms with E-state index in [1.54, 1.807) is 0 Å². The summed E-state index contributed by atoms with van der Waals surface area (Å²) < 4.78 is 0. The molecular weight excluding hydrogens is 407 g/mol. The van der Waals surface area contributed by atoms with Gasteiger partial charge in [-0.15, -0.1) is 22.7 Å². The summed E-state index contributed by atoms with van der Waals surface area (Å²) in [6, 6.07) is 15.0. The molecule has 2 aromatic heterocycles. The lowest BCUT2D eigenvalue weighted by Crippen LogP contribution is -1.90. The van der Waals surface area contributed by atoms with Gasteiger partial charge in [0.15, 0.2) is 10.3 Å². The minimum absolute atomic E-state index is 0.707. The number of aromatic nitrogens is 2. The third-order valence-electron chi connectivity index (χ3n) is 3.46. The van der Waals surface area contributed by atoms with Crippen molar-refractivity contribution in [3.05, 3.63) is 69.3 Å². The lowest BCUT2D eigenvalue weighted by molar-refractivity contribution is 1.32. The zero-order valence-electron chi connectivity index (χ0n) is 13.2. The molecule has 26 heavy (non-hydrogen) atoms. The van der Waals surface area contributed by atoms with Crippen LogP contribution in [0.5, 0.6) is 0 Å². The largest absolute Gasteiger partial charge is 0.332 e. The Morgan fingerprint density at radius 3 is 1.38 bits per heavy atom. The molecule has 0 unspecified atom stereocenters. The van der Waals surface area contributed by atoms with Gasteiger partial charge in [-0.25, -0.2) is 9.97 Å². The van der Waals surface area contributed by atoms with Crippen molar-refractivity contribution >= 4 is 67.5 Å². The average molecular weight is 419 g/mol. The van der Waals surface area contributed by atoms with Gasteiger partial charge in [-0.2, -0.15) is 0 Å². The normalized spacial score (nSPS) is 10.7. The summed E-state index contributed by atoms with van der Waals surface area (Å²) in [4.78, 5) is 9.21. The van der Waals surface area contributed by atoms with Crippen molar-refractivity contribution in [1.82, 2.24) is 9.97 Å². The molecule has 0 aliphatic carbocycles. The van der Waals surface area contributed by atoms with Crippen LogP contribution in [0.15, 0.2) is 59.3 Å². The minimum atomic E-state index is 0.707. The second-order valence-corrected chi connectivity index (χ2v) is 7.93. The molecule has 8 heteroatoms. The zero-order chi connectivity index (χ0) is 17.9. The Labute approximate surface area is 168 Å². The van der Waals surface area contributed by atoms with Crippen LogP contribution in [0, 0.1) is 0 Å². The maximum absolute atomic E-state index is 5.91. The standard InChI is InChI=1S/C18H12Cl2N4S2/c19-11-1-5-13(6-2-11)21-17-23-15(9-25-17)16-10-26-18(24-16)22-14-7-3-12(20)4-8-14/h1-10H,(H,21,23)(H,22,24). The lowest BCUT2D eigenvalue weighted by atomic mass is 10.3. The Hall–Kier alpha value is -2.12. The summed E-state index contributed by atoms with van der Waals surface area (Å²) in [5.74, 6) is 0. The molecule has 4 rings (SSSR count). The number of nitrogens with one attached hydrogen (secondary N) is 2. The summed E-state index contributed by atoms with van der Waals surface area (Å²) in [5, 5.41) is 13.5. The van der Waals surface area contributed by atoms with Gasteiger partial charge in [0.2, 0.25) is 0 Å². The zero-order valence-corrected chi connectivity index (χ0v) is 16.4. The number of nitrogens with zero attached hydrogens (tertiary/aromatic N) is 2. The van der Waals surface area contributed by atoms with E-state index >= 15 is 0 Å². The first-order valence-corrected chi connectivity index (χ1v) is 10.1. The molecule has 2 aromatic carbocycles. The maximum Gasteiger partial charge on any atom is 0.187 e. The van der Waals surface area contributed by atoms with E-state index in [0.717, 1.165) is 33.0 Å². The van der Waals surface area contributed by atoms with Crippen LogP contribution in [0.3, 0.4) is 0 Å². The lowest BCUT2D eigenvalue weighted by Gasteiger charge is -2.02. The molecule has 0 aliphatic rings. The van der Waals surface area contributed by atoms with E-state index in [4.69, 9.17) is 23.2 Å². The Bertz CT molecular complexity index is 927. The van der Waals surface area contributed by atoms with Gasteiger partial charge < -0.3 is 10.6 Å². The van der Waals surface area contributed by atoms with Gasteiger partial charge in [-0.3, -0.25) is 0 Å². The van der Waals surface area contributed by atoms with Crippen LogP contribution in [-0.2, 0) is 0 Å². The highest BCUT2D eigenvalue weighted by molar-refractivity contribution is 7.14. The minimum Gasteiger partial charge on any atom is -0.332 e. The monoisotopic (exact) mass is 418 g/mol. The molecule has 2 heterocycles. The molecule has 2 N–H and O–H groups in total. The Kier molecular flexibility index (Phi) is 5.08. The van der Waals surface area contributed by atoms with E-state index in [-0.39, 0.29) is 0 Å². The van der Waals surface area contributed by atoms with E-state index in [1.165, 1.54) is 22.7 Å². The predicted molar refractivity (Wildman–Crippen MR) is 113 cm³/mol. The maximum atomic E-state index is 5.91. The van der Waals surface area contributed by atoms with Gasteiger partial charge in [0.05, 0.1) is 0 Å². The van der Waals surface area contributed by atoms with Gasteiger partial charge in [0.25, 0.3) is 0 Å². The fourth-order valence-electron chi connectivity index (χ4n) is 2.21. The molecular formula is C18H12Cl2N4S2. The van der Waals surface area contributed by atoms with Crippen molar-refractivity contribution in [1.29, 1.82) is 0 Å². The van der Waals surface area contributed by atoms with Crippen LogP contribution in [0.4, 0.5) is 21.6 Å². The Morgan fingerprint density at radius 2 is 1.00 bits per heavy atom. The van der Waals surface area contributed by atoms with Gasteiger partial charge >= 0.3 is 0 Å². The molecule has 0 amide bonds. The van der Waals surface area contributed by atoms with Crippen LogP contribution >= 0.6 is 45.9 Å². The summed E-state index contributed by atoms with van der Waals surface area (Å²) in [6.45, 7) is 0. The van der Waals surface area contributed by atoms with Crippen molar-refractivity contribution in [3.63, 3.8) is 0 Å². The molecule has 4 aromatic rings. The number of anilines is 4. The number of hydrogen-bond acceptors (Lipinski definition) is 6. The smallest absolute Gasteiger partial charge is 0.187 e. The van der Waals surface area contributed by atoms with Crippen LogP contribution in [0.2, 0.25) is 10.0 Å². The van der Waals surface area contributed by atoms with E-state index < -0.39 is 0 Å². The molecule has 0 spiro atoms. The number of rotatable bonds is 5. The van der Waals surface area contributed by atoms with E-state index in [2.05, 4.69) is 20.6 Å². The summed E-state index contributed by atoms with van der Waals surface area (Å²) >= 11 is 14.9. The fourth-order valence-corrected chi connectivity index (χ4v) is 3.91. The summed E-state index contributed by atoms with van der Waals surface area (Å²) in [7, 11) is 0. The summed E-state index contributed by atoms with van der Waals surface area (Å²) in [6.07, 6.45) is 0. The highest BCUT2D eigenvalue weighted by Gasteiger charge is 2.09. The third kappa shape index (κ3) is 4.16. The van der Waals surface area contributed by atoms with Gasteiger partial charge in [0, 0.05) is 32.2 Å². The van der Waals surface area contributed by atoms with Crippen LogP contribution in [0.25, 0.3) is 11.4 Å². The fraction of sp³-hybridized carbons (Fsp3) is 0. The van der Waals surface area contributed by atoms with Gasteiger partial charge in [-0.1, -0.05) is 23.2 Å². The van der Waals surface area contributed by atoms with Crippen molar-refractivity contribution in [2.75, 3.05) is 10.6 Å². The van der Waals surface area contributed by atoms with E-state index in [1.807, 2.05) is 59.3 Å². The number of thiazole rings is 2. The van der Waals surface area contributed by atoms with Crippen molar-refractivity contribution in [3.8, 4) is 11.4 Å². The highest BCUT2D eigenvalue weighted by Crippen LogP contribution is 2.31. The molecule has 0 bridgehead atoms. The summed E-state index contributed by atoms with van der Waals surface area (Å²) in [5.41, 5.74) is 3.57. The SMILES string of the molecule is Clc1ccc(Nc2nc(-c3csc(Nc4ccc(Cl)cc4)n3)cs2)cc1. The highest BCUT2D eigenvalue weighted by atomic mass is 35.5. The number of halogens is 2. The Morgan fingerprint density at radius 1 is 0.615 bits per heavy atom. The topological polar surface area (TPSA) is 49.8 Å². The second kappa shape index (κ2) is 7.63. The van der Waals surface area contributed by atoms with E-state index in [9.17, 15) is 0 Å². The van der Waals surface area contributed by atoms with Crippen LogP contribution < -0.4 is 10.6 Å². The number of benzene rings is 2. The Balaban J connectivity index is 1.46. The first-order chi connectivity index (χ1) is 12.7. The van der Waals surface area contributed by atoms with Crippen molar-refractivity contribution in [2.24, 2.45) is 0 Å². The van der Waals surface area contributed by atoms with Gasteiger partial charge in [0.1, 0.15) is 11.4 Å². The molecule has 0 aliphatic heterocycles. The van der Waals surface area contributed by atoms with Gasteiger partial charge in [-0.05, 0) is 48.5 Å². The second-order valence-electron chi connectivity index (χ2n) is 5.34. The third-order valence-corrected chi connectivity index (χ3v) is 5.48. The van der Waals surface area contributed by atoms with Crippen LogP contribution in [0.1, 0.15) is 0 Å². The quantitative estimate of drug-likeness (QED) is 0.364. The number of hydrogen-bond donors (Lipinski definition) is 2.